The van der Waals surface area contributed by atoms with Crippen molar-refractivity contribution in [3.8, 4) is 17.4 Å². The molecule has 2 aromatic heterocycles. The summed E-state index contributed by atoms with van der Waals surface area (Å²) in [5.41, 5.74) is 7.44. The van der Waals surface area contributed by atoms with Crippen molar-refractivity contribution in [2.45, 2.75) is 0 Å². The third-order valence-corrected chi connectivity index (χ3v) is 7.45. The lowest BCUT2D eigenvalue weighted by Crippen LogP contribution is -1.97. The Kier molecular flexibility index (Phi) is 4.36. The van der Waals surface area contributed by atoms with Gasteiger partial charge in [0.15, 0.2) is 0 Å². The largest absolute Gasteiger partial charge is 0.309 e. The average Bonchev–Trinajstić information content (AvgIpc) is 3.41. The molecule has 7 aromatic rings. The smallest absolute Gasteiger partial charge is 0.0992 e. The number of hydrogen-bond donors (Lipinski definition) is 0. The zero-order chi connectivity index (χ0) is 23.5. The van der Waals surface area contributed by atoms with Gasteiger partial charge in [0.2, 0.25) is 0 Å². The molecule has 0 N–H and O–H groups in total. The van der Waals surface area contributed by atoms with Crippen LogP contribution in [-0.4, -0.2) is 9.13 Å². The van der Waals surface area contributed by atoms with Crippen molar-refractivity contribution in [3.05, 3.63) is 119 Å². The Hall–Kier alpha value is -4.33. The van der Waals surface area contributed by atoms with Gasteiger partial charge >= 0.3 is 0 Å². The molecule has 0 aliphatic carbocycles. The minimum Gasteiger partial charge on any atom is -0.309 e. The Bertz CT molecular complexity index is 1930. The summed E-state index contributed by atoms with van der Waals surface area (Å²) in [7, 11) is 0. The van der Waals surface area contributed by atoms with E-state index in [2.05, 4.69) is 122 Å². The molecule has 0 fully saturated rings. The van der Waals surface area contributed by atoms with Crippen LogP contribution in [0.5, 0.6) is 0 Å². The molecule has 0 radical (unpaired) electrons. The molecule has 35 heavy (non-hydrogen) atoms. The van der Waals surface area contributed by atoms with Crippen LogP contribution in [0.25, 0.3) is 55.0 Å². The molecule has 7 rings (SSSR count). The van der Waals surface area contributed by atoms with E-state index < -0.39 is 0 Å². The van der Waals surface area contributed by atoms with Gasteiger partial charge in [-0.05, 0) is 70.5 Å². The van der Waals surface area contributed by atoms with Gasteiger partial charge in [0.05, 0.1) is 39.4 Å². The van der Waals surface area contributed by atoms with Gasteiger partial charge in [-0.1, -0.05) is 54.6 Å². The Balaban J connectivity index is 1.56. The van der Waals surface area contributed by atoms with Crippen molar-refractivity contribution in [1.29, 1.82) is 5.26 Å². The number of nitrogens with zero attached hydrogens (tertiary/aromatic N) is 3. The second-order valence-corrected chi connectivity index (χ2v) is 9.56. The molecule has 0 bridgehead atoms. The summed E-state index contributed by atoms with van der Waals surface area (Å²) < 4.78 is 5.52. The number of halogens is 1. The van der Waals surface area contributed by atoms with Gasteiger partial charge in [0.1, 0.15) is 0 Å². The Morgan fingerprint density at radius 3 is 1.69 bits per heavy atom. The number of rotatable bonds is 2. The van der Waals surface area contributed by atoms with E-state index in [1.807, 2.05) is 18.2 Å². The maximum atomic E-state index is 9.32. The van der Waals surface area contributed by atoms with Crippen molar-refractivity contribution in [2.24, 2.45) is 0 Å². The number of para-hydroxylation sites is 3. The predicted molar refractivity (Wildman–Crippen MR) is 148 cm³/mol. The lowest BCUT2D eigenvalue weighted by molar-refractivity contribution is 1.16. The lowest BCUT2D eigenvalue weighted by atomic mass is 10.1. The van der Waals surface area contributed by atoms with E-state index in [9.17, 15) is 5.26 Å². The minimum absolute atomic E-state index is 0.634. The van der Waals surface area contributed by atoms with Gasteiger partial charge in [0.25, 0.3) is 0 Å². The van der Waals surface area contributed by atoms with Crippen molar-refractivity contribution in [1.82, 2.24) is 9.13 Å². The predicted octanol–water partition coefficient (Wildman–Crippen LogP) is 8.51. The SMILES string of the molecule is N#Cc1ccc(-n2c3ccccc3c3cc(-n4c5ccccc5c5ccccc54)ccc32)c(Br)c1. The van der Waals surface area contributed by atoms with E-state index in [1.165, 1.54) is 32.6 Å². The zero-order valence-corrected chi connectivity index (χ0v) is 20.2. The Labute approximate surface area is 210 Å². The van der Waals surface area contributed by atoms with Crippen LogP contribution in [0.1, 0.15) is 5.56 Å². The fraction of sp³-hybridized carbons (Fsp3) is 0. The first-order valence-electron chi connectivity index (χ1n) is 11.5. The normalized spacial score (nSPS) is 11.5. The molecule has 0 unspecified atom stereocenters. The number of fused-ring (bicyclic) bond motifs is 6. The van der Waals surface area contributed by atoms with Crippen molar-refractivity contribution in [3.63, 3.8) is 0 Å². The first-order chi connectivity index (χ1) is 17.2. The van der Waals surface area contributed by atoms with E-state index in [0.717, 1.165) is 26.9 Å². The number of aromatic nitrogens is 2. The maximum Gasteiger partial charge on any atom is 0.0992 e. The summed E-state index contributed by atoms with van der Waals surface area (Å²) >= 11 is 3.71. The van der Waals surface area contributed by atoms with Crippen molar-refractivity contribution < 1.29 is 0 Å². The van der Waals surface area contributed by atoms with E-state index >= 15 is 0 Å². The third-order valence-electron chi connectivity index (χ3n) is 6.81. The van der Waals surface area contributed by atoms with Crippen LogP contribution in [0, 0.1) is 11.3 Å². The average molecular weight is 512 g/mol. The molecule has 4 heteroatoms. The quantitative estimate of drug-likeness (QED) is 0.229. The zero-order valence-electron chi connectivity index (χ0n) is 18.6. The van der Waals surface area contributed by atoms with Gasteiger partial charge < -0.3 is 9.13 Å². The molecule has 0 aliphatic heterocycles. The van der Waals surface area contributed by atoms with Crippen LogP contribution < -0.4 is 0 Å². The van der Waals surface area contributed by atoms with Crippen LogP contribution in [0.2, 0.25) is 0 Å². The van der Waals surface area contributed by atoms with Gasteiger partial charge in [0, 0.05) is 31.7 Å². The minimum atomic E-state index is 0.634. The highest BCUT2D eigenvalue weighted by Crippen LogP contribution is 2.38. The molecular formula is C31H18BrN3. The van der Waals surface area contributed by atoms with E-state index in [-0.39, 0.29) is 0 Å². The summed E-state index contributed by atoms with van der Waals surface area (Å²) in [5.74, 6) is 0. The molecule has 0 amide bonds. The van der Waals surface area contributed by atoms with Crippen molar-refractivity contribution >= 4 is 59.5 Å². The highest BCUT2D eigenvalue weighted by atomic mass is 79.9. The number of benzene rings is 5. The molecule has 0 saturated heterocycles. The van der Waals surface area contributed by atoms with E-state index in [4.69, 9.17) is 0 Å². The maximum absolute atomic E-state index is 9.32. The highest BCUT2D eigenvalue weighted by molar-refractivity contribution is 9.10. The first-order valence-corrected chi connectivity index (χ1v) is 12.3. The summed E-state index contributed by atoms with van der Waals surface area (Å²) in [5, 5.41) is 14.2. The standard InChI is InChI=1S/C31H18BrN3/c32-26-17-20(19-33)13-15-31(26)35-29-12-6-3-9-24(29)25-18-21(14-16-30(25)35)34-27-10-4-1-7-22(27)23-8-2-5-11-28(23)34/h1-18H. The van der Waals surface area contributed by atoms with E-state index in [1.54, 1.807) is 0 Å². The molecule has 0 atom stereocenters. The molecule has 2 heterocycles. The summed E-state index contributed by atoms with van der Waals surface area (Å²) in [6.45, 7) is 0. The monoisotopic (exact) mass is 511 g/mol. The fourth-order valence-electron chi connectivity index (χ4n) is 5.32. The lowest BCUT2D eigenvalue weighted by Gasteiger charge is -2.11. The fourth-order valence-corrected chi connectivity index (χ4v) is 5.87. The second kappa shape index (κ2) is 7.59. The number of hydrogen-bond acceptors (Lipinski definition) is 1. The van der Waals surface area contributed by atoms with Crippen LogP contribution in [0.3, 0.4) is 0 Å². The van der Waals surface area contributed by atoms with Gasteiger partial charge in [-0.25, -0.2) is 0 Å². The van der Waals surface area contributed by atoms with Crippen LogP contribution >= 0.6 is 15.9 Å². The van der Waals surface area contributed by atoms with Crippen molar-refractivity contribution in [2.75, 3.05) is 0 Å². The summed E-state index contributed by atoms with van der Waals surface area (Å²) in [6.07, 6.45) is 0. The van der Waals surface area contributed by atoms with Crippen LogP contribution in [-0.2, 0) is 0 Å². The molecule has 3 nitrogen and oxygen atoms in total. The molecule has 5 aromatic carbocycles. The third kappa shape index (κ3) is 2.89. The van der Waals surface area contributed by atoms with Gasteiger partial charge in [-0.3, -0.25) is 0 Å². The van der Waals surface area contributed by atoms with Gasteiger partial charge in [-0.15, -0.1) is 0 Å². The number of nitriles is 1. The van der Waals surface area contributed by atoms with Crippen LogP contribution in [0.15, 0.2) is 114 Å². The van der Waals surface area contributed by atoms with Gasteiger partial charge in [-0.2, -0.15) is 5.26 Å². The Morgan fingerprint density at radius 2 is 1.09 bits per heavy atom. The molecule has 164 valence electrons. The topological polar surface area (TPSA) is 33.6 Å². The second-order valence-electron chi connectivity index (χ2n) is 8.70. The summed E-state index contributed by atoms with van der Waals surface area (Å²) in [6, 6.07) is 40.4. The molecule has 0 aliphatic rings. The first kappa shape index (κ1) is 20.1. The van der Waals surface area contributed by atoms with E-state index in [0.29, 0.717) is 5.56 Å². The molecule has 0 saturated carbocycles. The highest BCUT2D eigenvalue weighted by Gasteiger charge is 2.17. The molecule has 0 spiro atoms. The summed E-state index contributed by atoms with van der Waals surface area (Å²) in [4.78, 5) is 0. The molecular weight excluding hydrogens is 494 g/mol. The van der Waals surface area contributed by atoms with Crippen LogP contribution in [0.4, 0.5) is 0 Å². The Morgan fingerprint density at radius 1 is 0.543 bits per heavy atom.